The zero-order valence-electron chi connectivity index (χ0n) is 16.4. The van der Waals surface area contributed by atoms with Crippen molar-refractivity contribution in [2.45, 2.75) is 58.5 Å². The maximum absolute atomic E-state index is 12.6. The topological polar surface area (TPSA) is 56.7 Å². The number of likely N-dealkylation sites (tertiary alicyclic amines) is 1. The first-order valence-electron chi connectivity index (χ1n) is 10.2. The van der Waals surface area contributed by atoms with E-state index in [-0.39, 0.29) is 12.0 Å². The van der Waals surface area contributed by atoms with Crippen LogP contribution in [0.5, 0.6) is 0 Å². The van der Waals surface area contributed by atoms with Gasteiger partial charge in [0.05, 0.1) is 6.54 Å². The SMILES string of the molecule is CCNC(=NCc1ccc(Br)cc1C)NC1CCN(C(=O)C2CCCC2)C1. The van der Waals surface area contributed by atoms with Crippen molar-refractivity contribution in [3.05, 3.63) is 33.8 Å². The lowest BCUT2D eigenvalue weighted by Crippen LogP contribution is -2.45. The summed E-state index contributed by atoms with van der Waals surface area (Å²) in [6.45, 7) is 7.30. The molecule has 1 atom stereocenters. The second kappa shape index (κ2) is 9.58. The van der Waals surface area contributed by atoms with Crippen molar-refractivity contribution in [1.29, 1.82) is 0 Å². The predicted molar refractivity (Wildman–Crippen MR) is 114 cm³/mol. The third kappa shape index (κ3) is 5.47. The minimum atomic E-state index is 0.269. The number of nitrogens with zero attached hydrogens (tertiary/aromatic N) is 2. The predicted octanol–water partition coefficient (Wildman–Crippen LogP) is 3.60. The molecule has 0 radical (unpaired) electrons. The van der Waals surface area contributed by atoms with Crippen molar-refractivity contribution in [2.24, 2.45) is 10.9 Å². The maximum atomic E-state index is 12.6. The van der Waals surface area contributed by atoms with Crippen molar-refractivity contribution in [3.8, 4) is 0 Å². The monoisotopic (exact) mass is 434 g/mol. The van der Waals surface area contributed by atoms with Crippen LogP contribution in [0.2, 0.25) is 0 Å². The molecule has 2 aliphatic rings. The van der Waals surface area contributed by atoms with Crippen molar-refractivity contribution in [1.82, 2.24) is 15.5 Å². The number of hydrogen-bond acceptors (Lipinski definition) is 2. The number of carbonyl (C=O) groups is 1. The minimum absolute atomic E-state index is 0.269. The largest absolute Gasteiger partial charge is 0.357 e. The lowest BCUT2D eigenvalue weighted by atomic mass is 10.1. The first-order chi connectivity index (χ1) is 13.1. The van der Waals surface area contributed by atoms with Gasteiger partial charge in [0.25, 0.3) is 0 Å². The Balaban J connectivity index is 1.56. The van der Waals surface area contributed by atoms with Crippen LogP contribution in [0, 0.1) is 12.8 Å². The van der Waals surface area contributed by atoms with Crippen LogP contribution in [-0.4, -0.2) is 42.4 Å². The zero-order valence-corrected chi connectivity index (χ0v) is 18.0. The van der Waals surface area contributed by atoms with Crippen LogP contribution in [0.25, 0.3) is 0 Å². The summed E-state index contributed by atoms with van der Waals surface area (Å²) in [6, 6.07) is 6.57. The lowest BCUT2D eigenvalue weighted by molar-refractivity contribution is -0.134. The number of benzene rings is 1. The van der Waals surface area contributed by atoms with E-state index in [9.17, 15) is 4.79 Å². The van der Waals surface area contributed by atoms with Gasteiger partial charge in [0.1, 0.15) is 0 Å². The molecular weight excluding hydrogens is 404 g/mol. The Morgan fingerprint density at radius 3 is 2.78 bits per heavy atom. The van der Waals surface area contributed by atoms with Gasteiger partial charge in [0.2, 0.25) is 5.91 Å². The van der Waals surface area contributed by atoms with Crippen LogP contribution in [-0.2, 0) is 11.3 Å². The van der Waals surface area contributed by atoms with Crippen LogP contribution >= 0.6 is 15.9 Å². The summed E-state index contributed by atoms with van der Waals surface area (Å²) in [4.78, 5) is 19.4. The van der Waals surface area contributed by atoms with Gasteiger partial charge in [-0.2, -0.15) is 0 Å². The number of carbonyl (C=O) groups excluding carboxylic acids is 1. The molecule has 27 heavy (non-hydrogen) atoms. The number of amides is 1. The molecule has 1 amide bonds. The third-order valence-electron chi connectivity index (χ3n) is 5.60. The number of nitrogens with one attached hydrogen (secondary N) is 2. The lowest BCUT2D eigenvalue weighted by Gasteiger charge is -2.21. The molecule has 1 heterocycles. The Kier molecular flexibility index (Phi) is 7.16. The highest BCUT2D eigenvalue weighted by Crippen LogP contribution is 2.27. The van der Waals surface area contributed by atoms with E-state index in [1.165, 1.54) is 24.0 Å². The summed E-state index contributed by atoms with van der Waals surface area (Å²) in [5.74, 6) is 1.47. The number of hydrogen-bond donors (Lipinski definition) is 2. The fourth-order valence-electron chi connectivity index (χ4n) is 4.02. The quantitative estimate of drug-likeness (QED) is 0.549. The summed E-state index contributed by atoms with van der Waals surface area (Å²) in [5, 5.41) is 6.87. The molecule has 1 saturated heterocycles. The van der Waals surface area contributed by atoms with E-state index in [1.807, 2.05) is 0 Å². The molecule has 2 N–H and O–H groups in total. The number of rotatable bonds is 5. The molecule has 1 aromatic carbocycles. The molecular formula is C21H31BrN4O. The molecule has 1 aliphatic carbocycles. The first-order valence-corrected chi connectivity index (χ1v) is 10.9. The molecule has 2 fully saturated rings. The molecule has 3 rings (SSSR count). The summed E-state index contributed by atoms with van der Waals surface area (Å²) in [6.07, 6.45) is 5.55. The van der Waals surface area contributed by atoms with Gasteiger partial charge in [-0.05, 0) is 56.4 Å². The zero-order chi connectivity index (χ0) is 19.2. The standard InChI is InChI=1S/C21H31BrN4O/c1-3-23-21(24-13-17-8-9-18(22)12-15(17)2)25-19-10-11-26(14-19)20(27)16-6-4-5-7-16/h8-9,12,16,19H,3-7,10-11,13-14H2,1-2H3,(H2,23,24,25). The van der Waals surface area contributed by atoms with E-state index < -0.39 is 0 Å². The highest BCUT2D eigenvalue weighted by molar-refractivity contribution is 9.10. The molecule has 1 aromatic rings. The fourth-order valence-corrected chi connectivity index (χ4v) is 4.50. The van der Waals surface area contributed by atoms with Crippen molar-refractivity contribution in [3.63, 3.8) is 0 Å². The van der Waals surface area contributed by atoms with Gasteiger partial charge in [-0.1, -0.05) is 34.8 Å². The Labute approximate surface area is 171 Å². The van der Waals surface area contributed by atoms with Crippen molar-refractivity contribution in [2.75, 3.05) is 19.6 Å². The normalized spacial score (nSPS) is 20.9. The van der Waals surface area contributed by atoms with Crippen molar-refractivity contribution < 1.29 is 4.79 Å². The van der Waals surface area contributed by atoms with E-state index >= 15 is 0 Å². The van der Waals surface area contributed by atoms with Gasteiger partial charge >= 0.3 is 0 Å². The molecule has 6 heteroatoms. The second-order valence-corrected chi connectivity index (χ2v) is 8.58. The number of guanidine groups is 1. The van der Waals surface area contributed by atoms with Crippen LogP contribution in [0.3, 0.4) is 0 Å². The summed E-state index contributed by atoms with van der Waals surface area (Å²) < 4.78 is 1.09. The van der Waals surface area contributed by atoms with Crippen LogP contribution < -0.4 is 10.6 Å². The summed E-state index contributed by atoms with van der Waals surface area (Å²) >= 11 is 3.51. The van der Waals surface area contributed by atoms with Gasteiger partial charge in [-0.15, -0.1) is 0 Å². The molecule has 0 aromatic heterocycles. The van der Waals surface area contributed by atoms with E-state index in [2.05, 4.69) is 63.5 Å². The number of aryl methyl sites for hydroxylation is 1. The molecule has 0 spiro atoms. The molecule has 148 valence electrons. The Hall–Kier alpha value is -1.56. The molecule has 0 bridgehead atoms. The Morgan fingerprint density at radius 2 is 2.07 bits per heavy atom. The first kappa shape index (κ1) is 20.2. The Morgan fingerprint density at radius 1 is 1.30 bits per heavy atom. The number of halogens is 1. The minimum Gasteiger partial charge on any atom is -0.357 e. The summed E-state index contributed by atoms with van der Waals surface area (Å²) in [7, 11) is 0. The third-order valence-corrected chi connectivity index (χ3v) is 6.09. The average molecular weight is 435 g/mol. The van der Waals surface area contributed by atoms with Gasteiger partial charge in [-0.25, -0.2) is 4.99 Å². The number of aliphatic imine (C=N–C) groups is 1. The highest BCUT2D eigenvalue weighted by Gasteiger charge is 2.32. The van der Waals surface area contributed by atoms with E-state index in [1.54, 1.807) is 0 Å². The Bertz CT molecular complexity index is 685. The van der Waals surface area contributed by atoms with Crippen molar-refractivity contribution >= 4 is 27.8 Å². The molecule has 1 aliphatic heterocycles. The van der Waals surface area contributed by atoms with Gasteiger partial charge < -0.3 is 15.5 Å². The van der Waals surface area contributed by atoms with E-state index in [0.717, 1.165) is 49.3 Å². The van der Waals surface area contributed by atoms with Gasteiger partial charge in [0.15, 0.2) is 5.96 Å². The smallest absolute Gasteiger partial charge is 0.225 e. The van der Waals surface area contributed by atoms with Crippen LogP contribution in [0.15, 0.2) is 27.7 Å². The maximum Gasteiger partial charge on any atom is 0.225 e. The molecule has 1 saturated carbocycles. The second-order valence-electron chi connectivity index (χ2n) is 7.66. The van der Waals surface area contributed by atoms with E-state index in [0.29, 0.717) is 12.5 Å². The summed E-state index contributed by atoms with van der Waals surface area (Å²) in [5.41, 5.74) is 2.46. The van der Waals surface area contributed by atoms with Crippen LogP contribution in [0.4, 0.5) is 0 Å². The molecule has 5 nitrogen and oxygen atoms in total. The van der Waals surface area contributed by atoms with Gasteiger partial charge in [0, 0.05) is 36.1 Å². The van der Waals surface area contributed by atoms with E-state index in [4.69, 9.17) is 4.99 Å². The van der Waals surface area contributed by atoms with Crippen LogP contribution in [0.1, 0.15) is 50.2 Å². The fraction of sp³-hybridized carbons (Fsp3) is 0.619. The molecule has 1 unspecified atom stereocenters. The van der Waals surface area contributed by atoms with Gasteiger partial charge in [-0.3, -0.25) is 4.79 Å². The highest BCUT2D eigenvalue weighted by atomic mass is 79.9. The average Bonchev–Trinajstić information content (AvgIpc) is 3.32.